The summed E-state index contributed by atoms with van der Waals surface area (Å²) in [4.78, 5) is 14.5. The number of hydrogen-bond donors (Lipinski definition) is 0. The number of hydrogen-bond acceptors (Lipinski definition) is 5. The number of ether oxygens (including phenoxy) is 1. The van der Waals surface area contributed by atoms with Gasteiger partial charge in [-0.05, 0) is 18.2 Å². The molecule has 104 valence electrons. The molecule has 0 saturated carbocycles. The Bertz CT molecular complexity index is 610. The van der Waals surface area contributed by atoms with Crippen LogP contribution in [0.25, 0.3) is 0 Å². The van der Waals surface area contributed by atoms with Crippen LogP contribution in [0.4, 0.5) is 5.69 Å². The molecular weight excluding hydrogens is 300 g/mol. The van der Waals surface area contributed by atoms with E-state index >= 15 is 0 Å². The molecule has 5 nitrogen and oxygen atoms in total. The number of rotatable bonds is 6. The van der Waals surface area contributed by atoms with E-state index in [0.717, 1.165) is 5.03 Å². The summed E-state index contributed by atoms with van der Waals surface area (Å²) in [6.07, 6.45) is 1.66. The van der Waals surface area contributed by atoms with Gasteiger partial charge in [0.15, 0.2) is 5.75 Å². The Morgan fingerprint density at radius 3 is 2.85 bits per heavy atom. The molecule has 0 aliphatic carbocycles. The van der Waals surface area contributed by atoms with Gasteiger partial charge in [0.25, 0.3) is 0 Å². The van der Waals surface area contributed by atoms with E-state index in [1.54, 1.807) is 36.5 Å². The van der Waals surface area contributed by atoms with E-state index in [0.29, 0.717) is 17.4 Å². The molecule has 0 aliphatic heterocycles. The summed E-state index contributed by atoms with van der Waals surface area (Å²) >= 11 is 7.42. The number of halogens is 1. The number of nitro groups is 1. The van der Waals surface area contributed by atoms with Gasteiger partial charge in [0.05, 0.1) is 16.6 Å². The molecule has 0 radical (unpaired) electrons. The summed E-state index contributed by atoms with van der Waals surface area (Å²) in [5.41, 5.74) is -0.0339. The number of benzene rings is 1. The Kier molecular flexibility index (Phi) is 5.20. The fourth-order valence-corrected chi connectivity index (χ4v) is 2.48. The van der Waals surface area contributed by atoms with Crippen molar-refractivity contribution in [2.75, 3.05) is 12.4 Å². The van der Waals surface area contributed by atoms with Gasteiger partial charge in [-0.1, -0.05) is 23.7 Å². The van der Waals surface area contributed by atoms with Gasteiger partial charge >= 0.3 is 5.69 Å². The van der Waals surface area contributed by atoms with Crippen molar-refractivity contribution in [2.24, 2.45) is 0 Å². The molecule has 0 amide bonds. The number of thioether (sulfide) groups is 1. The smallest absolute Gasteiger partial charge is 0.310 e. The van der Waals surface area contributed by atoms with Crippen LogP contribution < -0.4 is 4.74 Å². The van der Waals surface area contributed by atoms with E-state index in [2.05, 4.69) is 4.98 Å². The van der Waals surface area contributed by atoms with Gasteiger partial charge in [0.1, 0.15) is 5.03 Å². The molecular formula is C13H11ClN2O3S. The van der Waals surface area contributed by atoms with Crippen LogP contribution in [0.2, 0.25) is 5.02 Å². The van der Waals surface area contributed by atoms with Crippen molar-refractivity contribution in [3.05, 3.63) is 57.7 Å². The second-order valence-electron chi connectivity index (χ2n) is 3.71. The SMILES string of the molecule is O=[N+]([O-])c1ccccc1OCCSc1ncccc1Cl. The fourth-order valence-electron chi connectivity index (χ4n) is 1.50. The lowest BCUT2D eigenvalue weighted by Gasteiger charge is -2.06. The first-order valence-corrected chi connectivity index (χ1v) is 7.14. The molecule has 20 heavy (non-hydrogen) atoms. The molecule has 0 unspecified atom stereocenters. The average molecular weight is 311 g/mol. The van der Waals surface area contributed by atoms with Gasteiger partial charge < -0.3 is 4.74 Å². The molecule has 7 heteroatoms. The zero-order valence-corrected chi connectivity index (χ0v) is 11.9. The standard InChI is InChI=1S/C13H11ClN2O3S/c14-10-4-3-7-15-13(10)20-9-8-19-12-6-2-1-5-11(12)16(17)18/h1-7H,8-9H2. The second-order valence-corrected chi connectivity index (χ2v) is 5.20. The number of nitro benzene ring substituents is 1. The van der Waals surface area contributed by atoms with E-state index < -0.39 is 4.92 Å². The highest BCUT2D eigenvalue weighted by Gasteiger charge is 2.13. The summed E-state index contributed by atoms with van der Waals surface area (Å²) in [7, 11) is 0. The summed E-state index contributed by atoms with van der Waals surface area (Å²) < 4.78 is 5.43. The van der Waals surface area contributed by atoms with Crippen molar-refractivity contribution in [3.8, 4) is 5.75 Å². The molecule has 1 heterocycles. The van der Waals surface area contributed by atoms with E-state index in [1.807, 2.05) is 0 Å². The highest BCUT2D eigenvalue weighted by atomic mass is 35.5. The highest BCUT2D eigenvalue weighted by Crippen LogP contribution is 2.27. The Hall–Kier alpha value is -1.79. The maximum Gasteiger partial charge on any atom is 0.310 e. The Balaban J connectivity index is 1.88. The van der Waals surface area contributed by atoms with Crippen LogP contribution >= 0.6 is 23.4 Å². The Morgan fingerprint density at radius 1 is 1.30 bits per heavy atom. The van der Waals surface area contributed by atoms with Gasteiger partial charge in [-0.2, -0.15) is 0 Å². The molecule has 0 aliphatic rings. The Morgan fingerprint density at radius 2 is 2.10 bits per heavy atom. The van der Waals surface area contributed by atoms with Gasteiger partial charge in [-0.25, -0.2) is 4.98 Å². The van der Waals surface area contributed by atoms with E-state index in [4.69, 9.17) is 16.3 Å². The number of nitrogens with zero attached hydrogens (tertiary/aromatic N) is 2. The predicted molar refractivity (Wildman–Crippen MR) is 78.6 cm³/mol. The molecule has 0 bridgehead atoms. The third-order valence-corrected chi connectivity index (χ3v) is 3.75. The average Bonchev–Trinajstić information content (AvgIpc) is 2.45. The van der Waals surface area contributed by atoms with Crippen molar-refractivity contribution >= 4 is 29.1 Å². The van der Waals surface area contributed by atoms with E-state index in [1.165, 1.54) is 17.8 Å². The number of aromatic nitrogens is 1. The van der Waals surface area contributed by atoms with Gasteiger partial charge in [0.2, 0.25) is 0 Å². The summed E-state index contributed by atoms with van der Waals surface area (Å²) in [5, 5.41) is 12.1. The molecule has 0 spiro atoms. The summed E-state index contributed by atoms with van der Waals surface area (Å²) in [5.74, 6) is 0.869. The lowest BCUT2D eigenvalue weighted by atomic mass is 10.3. The second kappa shape index (κ2) is 7.12. The van der Waals surface area contributed by atoms with Crippen molar-refractivity contribution < 1.29 is 9.66 Å². The van der Waals surface area contributed by atoms with Gasteiger partial charge in [0, 0.05) is 18.0 Å². The molecule has 0 fully saturated rings. The molecule has 0 N–H and O–H groups in total. The third kappa shape index (κ3) is 3.85. The van der Waals surface area contributed by atoms with Crippen LogP contribution in [0.15, 0.2) is 47.6 Å². The zero-order chi connectivity index (χ0) is 14.4. The predicted octanol–water partition coefficient (Wildman–Crippen LogP) is 3.81. The summed E-state index contributed by atoms with van der Waals surface area (Å²) in [6, 6.07) is 9.82. The molecule has 2 aromatic rings. The van der Waals surface area contributed by atoms with Crippen molar-refractivity contribution in [1.82, 2.24) is 4.98 Å². The Labute approximate surface area is 125 Å². The fraction of sp³-hybridized carbons (Fsp3) is 0.154. The minimum Gasteiger partial charge on any atom is -0.486 e. The molecule has 1 aromatic carbocycles. The first-order chi connectivity index (χ1) is 9.68. The van der Waals surface area contributed by atoms with Gasteiger partial charge in [-0.15, -0.1) is 11.8 Å². The van der Waals surface area contributed by atoms with Crippen LogP contribution in [-0.2, 0) is 0 Å². The minimum atomic E-state index is -0.460. The quantitative estimate of drug-likeness (QED) is 0.351. The lowest BCUT2D eigenvalue weighted by molar-refractivity contribution is -0.385. The maximum atomic E-state index is 10.8. The van der Waals surface area contributed by atoms with Crippen LogP contribution in [0.5, 0.6) is 5.75 Å². The van der Waals surface area contributed by atoms with Crippen LogP contribution in [0.3, 0.4) is 0 Å². The first-order valence-electron chi connectivity index (χ1n) is 5.78. The van der Waals surface area contributed by atoms with E-state index in [-0.39, 0.29) is 11.4 Å². The van der Waals surface area contributed by atoms with Crippen molar-refractivity contribution in [2.45, 2.75) is 5.03 Å². The van der Waals surface area contributed by atoms with Crippen LogP contribution in [0, 0.1) is 10.1 Å². The highest BCUT2D eigenvalue weighted by molar-refractivity contribution is 7.99. The number of pyridine rings is 1. The molecule has 2 rings (SSSR count). The monoisotopic (exact) mass is 310 g/mol. The van der Waals surface area contributed by atoms with Gasteiger partial charge in [-0.3, -0.25) is 10.1 Å². The molecule has 0 saturated heterocycles. The third-order valence-electron chi connectivity index (χ3n) is 2.37. The summed E-state index contributed by atoms with van der Waals surface area (Å²) in [6.45, 7) is 0.336. The van der Waals surface area contributed by atoms with Crippen molar-refractivity contribution in [1.29, 1.82) is 0 Å². The van der Waals surface area contributed by atoms with Crippen molar-refractivity contribution in [3.63, 3.8) is 0 Å². The van der Waals surface area contributed by atoms with Crippen LogP contribution in [0.1, 0.15) is 0 Å². The van der Waals surface area contributed by atoms with Crippen LogP contribution in [-0.4, -0.2) is 22.3 Å². The largest absolute Gasteiger partial charge is 0.486 e. The molecule has 1 aromatic heterocycles. The number of para-hydroxylation sites is 2. The minimum absolute atomic E-state index is 0.0339. The lowest BCUT2D eigenvalue weighted by Crippen LogP contribution is -2.02. The topological polar surface area (TPSA) is 65.3 Å². The maximum absolute atomic E-state index is 10.8. The first kappa shape index (κ1) is 14.6. The normalized spacial score (nSPS) is 10.2. The molecule has 0 atom stereocenters. The van der Waals surface area contributed by atoms with E-state index in [9.17, 15) is 10.1 Å². The zero-order valence-electron chi connectivity index (χ0n) is 10.4.